The van der Waals surface area contributed by atoms with Crippen LogP contribution in [0.5, 0.6) is 0 Å². The fraction of sp³-hybridized carbons (Fsp3) is 0.800. The van der Waals surface area contributed by atoms with Crippen molar-refractivity contribution in [2.75, 3.05) is 26.7 Å². The second-order valence-corrected chi connectivity index (χ2v) is 5.97. The number of aliphatic imine (C=N–C) groups is 1. The van der Waals surface area contributed by atoms with Crippen molar-refractivity contribution in [1.29, 1.82) is 0 Å². The normalized spacial score (nSPS) is 26.1. The molecule has 1 saturated heterocycles. The number of urea groups is 1. The number of imide groups is 1. The molecule has 0 aromatic rings. The molecule has 1 saturated carbocycles. The van der Waals surface area contributed by atoms with Gasteiger partial charge in [-0.1, -0.05) is 13.3 Å². The molecule has 1 aliphatic heterocycles. The molecular weight excluding hydrogens is 282 g/mol. The summed E-state index contributed by atoms with van der Waals surface area (Å²) in [6, 6.07) is 0.151. The van der Waals surface area contributed by atoms with E-state index in [4.69, 9.17) is 0 Å². The predicted molar refractivity (Wildman–Crippen MR) is 85.6 cm³/mol. The third-order valence-electron chi connectivity index (χ3n) is 4.55. The molecule has 1 heterocycles. The Morgan fingerprint density at radius 3 is 2.59 bits per heavy atom. The lowest BCUT2D eigenvalue weighted by Crippen LogP contribution is -2.47. The minimum atomic E-state index is -0.312. The molecule has 0 atom stereocenters. The van der Waals surface area contributed by atoms with Gasteiger partial charge in [0, 0.05) is 26.2 Å². The molecule has 0 aromatic carbocycles. The van der Waals surface area contributed by atoms with Crippen LogP contribution in [0.25, 0.3) is 0 Å². The molecule has 0 spiro atoms. The van der Waals surface area contributed by atoms with Crippen molar-refractivity contribution in [2.24, 2.45) is 10.9 Å². The van der Waals surface area contributed by atoms with Gasteiger partial charge in [0.05, 0.1) is 6.54 Å². The lowest BCUT2D eigenvalue weighted by Gasteiger charge is -2.29. The van der Waals surface area contributed by atoms with E-state index < -0.39 is 0 Å². The Hall–Kier alpha value is -1.79. The van der Waals surface area contributed by atoms with Crippen LogP contribution < -0.4 is 16.0 Å². The van der Waals surface area contributed by atoms with Crippen LogP contribution in [-0.4, -0.2) is 55.5 Å². The highest BCUT2D eigenvalue weighted by Gasteiger charge is 2.27. The van der Waals surface area contributed by atoms with E-state index in [1.165, 1.54) is 37.0 Å². The molecule has 0 bridgehead atoms. The quantitative estimate of drug-likeness (QED) is 0.396. The van der Waals surface area contributed by atoms with Gasteiger partial charge >= 0.3 is 6.03 Å². The van der Waals surface area contributed by atoms with Crippen LogP contribution in [0.2, 0.25) is 0 Å². The Morgan fingerprint density at radius 2 is 2.05 bits per heavy atom. The van der Waals surface area contributed by atoms with Gasteiger partial charge in [-0.15, -0.1) is 0 Å². The number of carbonyl (C=O) groups is 2. The molecule has 3 amide bonds. The molecule has 0 aromatic heterocycles. The summed E-state index contributed by atoms with van der Waals surface area (Å²) in [5.74, 6) is 1.44. The first-order chi connectivity index (χ1) is 10.6. The Bertz CT molecular complexity index is 414. The summed E-state index contributed by atoms with van der Waals surface area (Å²) >= 11 is 0. The third-order valence-corrected chi connectivity index (χ3v) is 4.55. The van der Waals surface area contributed by atoms with E-state index in [-0.39, 0.29) is 18.5 Å². The van der Waals surface area contributed by atoms with E-state index in [1.807, 2.05) is 0 Å². The van der Waals surface area contributed by atoms with Crippen molar-refractivity contribution < 1.29 is 9.59 Å². The van der Waals surface area contributed by atoms with Crippen LogP contribution in [0, 0.1) is 5.92 Å². The predicted octanol–water partition coefficient (Wildman–Crippen LogP) is 0.672. The maximum absolute atomic E-state index is 11.5. The number of carbonyl (C=O) groups excluding carboxylic acids is 2. The maximum atomic E-state index is 11.5. The van der Waals surface area contributed by atoms with Crippen LogP contribution in [0.3, 0.4) is 0 Å². The molecule has 2 aliphatic rings. The van der Waals surface area contributed by atoms with Gasteiger partial charge in [0.2, 0.25) is 5.91 Å². The van der Waals surface area contributed by atoms with Gasteiger partial charge < -0.3 is 16.0 Å². The molecule has 2 rings (SSSR count). The largest absolute Gasteiger partial charge is 0.355 e. The lowest BCUT2D eigenvalue weighted by molar-refractivity contribution is -0.124. The zero-order valence-corrected chi connectivity index (χ0v) is 13.5. The highest BCUT2D eigenvalue weighted by Crippen LogP contribution is 2.26. The number of nitrogens with one attached hydrogen (secondary N) is 3. The smallest absolute Gasteiger partial charge is 0.324 e. The molecule has 3 N–H and O–H groups in total. The molecule has 7 nitrogen and oxygen atoms in total. The monoisotopic (exact) mass is 309 g/mol. The van der Waals surface area contributed by atoms with Gasteiger partial charge in [-0.05, 0) is 31.6 Å². The Balaban J connectivity index is 1.69. The maximum Gasteiger partial charge on any atom is 0.324 e. The summed E-state index contributed by atoms with van der Waals surface area (Å²) in [4.78, 5) is 28.3. The summed E-state index contributed by atoms with van der Waals surface area (Å²) in [6.07, 6.45) is 6.16. The van der Waals surface area contributed by atoms with Crippen molar-refractivity contribution >= 4 is 17.9 Å². The van der Waals surface area contributed by atoms with Crippen molar-refractivity contribution in [3.05, 3.63) is 0 Å². The van der Waals surface area contributed by atoms with Crippen LogP contribution >= 0.6 is 0 Å². The number of amides is 3. The van der Waals surface area contributed by atoms with Crippen molar-refractivity contribution in [3.8, 4) is 0 Å². The fourth-order valence-corrected chi connectivity index (χ4v) is 3.07. The molecule has 22 heavy (non-hydrogen) atoms. The van der Waals surface area contributed by atoms with Gasteiger partial charge in [0.15, 0.2) is 5.96 Å². The summed E-state index contributed by atoms with van der Waals surface area (Å²) < 4.78 is 0. The second-order valence-electron chi connectivity index (χ2n) is 5.97. The van der Waals surface area contributed by atoms with Crippen LogP contribution in [0.4, 0.5) is 4.79 Å². The van der Waals surface area contributed by atoms with E-state index in [0.717, 1.165) is 11.9 Å². The van der Waals surface area contributed by atoms with Crippen molar-refractivity contribution in [3.63, 3.8) is 0 Å². The van der Waals surface area contributed by atoms with E-state index in [2.05, 4.69) is 27.9 Å². The van der Waals surface area contributed by atoms with Crippen LogP contribution in [0.1, 0.15) is 39.0 Å². The number of guanidine groups is 1. The topological polar surface area (TPSA) is 85.8 Å². The molecule has 0 unspecified atom stereocenters. The number of nitrogens with zero attached hydrogens (tertiary/aromatic N) is 2. The standard InChI is InChI=1S/C15H27N5O2/c1-3-11-4-6-12(7-5-11)19-14(16-2)17-8-9-20-13(21)10-18-15(20)22/h11-12H,3-10H2,1-2H3,(H,18,22)(H2,16,17,19). The van der Waals surface area contributed by atoms with Crippen molar-refractivity contribution in [1.82, 2.24) is 20.9 Å². The average molecular weight is 309 g/mol. The summed E-state index contributed by atoms with van der Waals surface area (Å²) in [7, 11) is 1.74. The number of hydrogen-bond donors (Lipinski definition) is 3. The first-order valence-corrected chi connectivity index (χ1v) is 8.19. The zero-order valence-electron chi connectivity index (χ0n) is 13.5. The summed E-state index contributed by atoms with van der Waals surface area (Å²) in [5.41, 5.74) is 0. The number of rotatable bonds is 5. The third kappa shape index (κ3) is 4.35. The molecule has 2 fully saturated rings. The van der Waals surface area contributed by atoms with E-state index in [0.29, 0.717) is 19.1 Å². The molecule has 1 aliphatic carbocycles. The highest BCUT2D eigenvalue weighted by atomic mass is 16.2. The zero-order chi connectivity index (χ0) is 15.9. The molecule has 124 valence electrons. The second kappa shape index (κ2) is 8.00. The highest BCUT2D eigenvalue weighted by molar-refractivity contribution is 6.01. The van der Waals surface area contributed by atoms with E-state index in [1.54, 1.807) is 7.05 Å². The Kier molecular flexibility index (Phi) is 6.03. The van der Waals surface area contributed by atoms with Crippen molar-refractivity contribution in [2.45, 2.75) is 45.1 Å². The van der Waals surface area contributed by atoms with Gasteiger partial charge in [0.1, 0.15) is 0 Å². The minimum Gasteiger partial charge on any atom is -0.355 e. The first-order valence-electron chi connectivity index (χ1n) is 8.19. The summed E-state index contributed by atoms with van der Waals surface area (Å²) in [6.45, 7) is 3.22. The van der Waals surface area contributed by atoms with E-state index >= 15 is 0 Å². The van der Waals surface area contributed by atoms with Gasteiger partial charge in [-0.25, -0.2) is 4.79 Å². The van der Waals surface area contributed by atoms with Crippen LogP contribution in [-0.2, 0) is 4.79 Å². The molecular formula is C15H27N5O2. The Morgan fingerprint density at radius 1 is 1.32 bits per heavy atom. The first kappa shape index (κ1) is 16.6. The molecule has 7 heteroatoms. The Labute approximate surface area is 131 Å². The fourth-order valence-electron chi connectivity index (χ4n) is 3.07. The minimum absolute atomic E-state index is 0.104. The average Bonchev–Trinajstić information content (AvgIpc) is 2.86. The van der Waals surface area contributed by atoms with Gasteiger partial charge in [-0.2, -0.15) is 0 Å². The molecule has 0 radical (unpaired) electrons. The SMILES string of the molecule is CCC1CCC(NC(=NC)NCCN2C(=O)CNC2=O)CC1. The number of hydrogen-bond acceptors (Lipinski definition) is 3. The summed E-state index contributed by atoms with van der Waals surface area (Å²) in [5, 5.41) is 9.12. The van der Waals surface area contributed by atoms with Gasteiger partial charge in [0.25, 0.3) is 0 Å². The lowest BCUT2D eigenvalue weighted by atomic mass is 9.84. The van der Waals surface area contributed by atoms with E-state index in [9.17, 15) is 9.59 Å². The van der Waals surface area contributed by atoms with Crippen LogP contribution in [0.15, 0.2) is 4.99 Å². The van der Waals surface area contributed by atoms with Gasteiger partial charge in [-0.3, -0.25) is 14.7 Å².